The number of carbonyl (C=O) groups excluding carboxylic acids is 1. The van der Waals surface area contributed by atoms with Gasteiger partial charge in [-0.1, -0.05) is 17.4 Å². The van der Waals surface area contributed by atoms with Gasteiger partial charge < -0.3 is 4.57 Å². The number of aromatic nitrogens is 1. The molecule has 3 aromatic rings. The summed E-state index contributed by atoms with van der Waals surface area (Å²) in [4.78, 5) is 18.1. The summed E-state index contributed by atoms with van der Waals surface area (Å²) in [6.45, 7) is 8.19. The van der Waals surface area contributed by atoms with Crippen LogP contribution in [0.2, 0.25) is 0 Å². The zero-order valence-electron chi connectivity index (χ0n) is 17.8. The van der Waals surface area contributed by atoms with E-state index < -0.39 is 15.1 Å². The van der Waals surface area contributed by atoms with Crippen molar-refractivity contribution in [1.82, 2.24) is 4.57 Å². The van der Waals surface area contributed by atoms with Gasteiger partial charge in [0.25, 0.3) is 5.91 Å². The molecule has 1 aromatic heterocycles. The van der Waals surface area contributed by atoms with Gasteiger partial charge in [-0.15, -0.1) is 0 Å². The van der Waals surface area contributed by atoms with Crippen LogP contribution in [-0.2, 0) is 16.4 Å². The summed E-state index contributed by atoms with van der Waals surface area (Å²) in [6.07, 6.45) is 2.06. The molecule has 0 saturated carbocycles. The summed E-state index contributed by atoms with van der Waals surface area (Å²) in [7, 11) is -3.37. The average molecular weight is 463 g/mol. The first-order valence-corrected chi connectivity index (χ1v) is 13.4. The van der Waals surface area contributed by atoms with Crippen LogP contribution < -0.4 is 4.80 Å². The molecule has 0 spiro atoms. The maximum Gasteiger partial charge on any atom is 0.279 e. The molecule has 1 heterocycles. The molecule has 0 atom stereocenters. The van der Waals surface area contributed by atoms with E-state index in [2.05, 4.69) is 41.8 Å². The lowest BCUT2D eigenvalue weighted by Gasteiger charge is -2.07. The highest BCUT2D eigenvalue weighted by Gasteiger charge is 2.19. The molecular formula is C22H26N2O3S3. The molecule has 3 rings (SSSR count). The SMILES string of the molecule is CSCCn1c(=NC(=O)c2ccc(S(=O)(=O)C(C)C)cc2)sc2c(C)cc(C)cc21. The van der Waals surface area contributed by atoms with Gasteiger partial charge in [0, 0.05) is 17.9 Å². The first kappa shape index (κ1) is 22.8. The number of thioether (sulfide) groups is 1. The number of carbonyl (C=O) groups is 1. The van der Waals surface area contributed by atoms with E-state index in [4.69, 9.17) is 0 Å². The van der Waals surface area contributed by atoms with Crippen molar-refractivity contribution in [2.45, 2.75) is 44.4 Å². The zero-order valence-corrected chi connectivity index (χ0v) is 20.2. The first-order chi connectivity index (χ1) is 14.1. The quantitative estimate of drug-likeness (QED) is 0.537. The minimum absolute atomic E-state index is 0.219. The van der Waals surface area contributed by atoms with E-state index in [1.54, 1.807) is 25.6 Å². The second-order valence-electron chi connectivity index (χ2n) is 7.49. The van der Waals surface area contributed by atoms with Gasteiger partial charge in [0.05, 0.1) is 20.4 Å². The molecule has 0 saturated heterocycles. The first-order valence-electron chi connectivity index (χ1n) is 9.67. The molecule has 2 aromatic carbocycles. The van der Waals surface area contributed by atoms with E-state index in [-0.39, 0.29) is 10.8 Å². The van der Waals surface area contributed by atoms with E-state index in [1.807, 2.05) is 0 Å². The Bertz CT molecular complexity index is 1250. The fraction of sp³-hybridized carbons (Fsp3) is 0.364. The molecule has 0 aliphatic rings. The van der Waals surface area contributed by atoms with Crippen LogP contribution in [0, 0.1) is 13.8 Å². The van der Waals surface area contributed by atoms with E-state index in [9.17, 15) is 13.2 Å². The summed E-state index contributed by atoms with van der Waals surface area (Å²) >= 11 is 3.26. The zero-order chi connectivity index (χ0) is 22.1. The van der Waals surface area contributed by atoms with Crippen molar-refractivity contribution < 1.29 is 13.2 Å². The van der Waals surface area contributed by atoms with Crippen LogP contribution in [0.3, 0.4) is 0 Å². The molecule has 0 unspecified atom stereocenters. The monoisotopic (exact) mass is 462 g/mol. The van der Waals surface area contributed by atoms with E-state index in [0.29, 0.717) is 10.4 Å². The lowest BCUT2D eigenvalue weighted by molar-refractivity contribution is 0.0997. The van der Waals surface area contributed by atoms with Gasteiger partial charge in [0.2, 0.25) is 0 Å². The highest BCUT2D eigenvalue weighted by Crippen LogP contribution is 2.24. The minimum atomic E-state index is -3.37. The number of hydrogen-bond donors (Lipinski definition) is 0. The Kier molecular flexibility index (Phi) is 6.89. The predicted octanol–water partition coefficient (Wildman–Crippen LogP) is 4.61. The van der Waals surface area contributed by atoms with E-state index in [0.717, 1.165) is 22.5 Å². The number of benzene rings is 2. The molecule has 0 fully saturated rings. The summed E-state index contributed by atoms with van der Waals surface area (Å²) in [5.41, 5.74) is 3.82. The highest BCUT2D eigenvalue weighted by atomic mass is 32.2. The minimum Gasteiger partial charge on any atom is -0.315 e. The van der Waals surface area contributed by atoms with Gasteiger partial charge in [-0.05, 0) is 75.4 Å². The number of rotatable bonds is 6. The molecule has 0 radical (unpaired) electrons. The number of nitrogens with zero attached hydrogens (tertiary/aromatic N) is 2. The highest BCUT2D eigenvalue weighted by molar-refractivity contribution is 7.98. The Labute approximate surface area is 185 Å². The van der Waals surface area contributed by atoms with Gasteiger partial charge >= 0.3 is 0 Å². The van der Waals surface area contributed by atoms with Crippen molar-refractivity contribution in [2.75, 3.05) is 12.0 Å². The third-order valence-electron chi connectivity index (χ3n) is 4.88. The lowest BCUT2D eigenvalue weighted by atomic mass is 10.1. The molecule has 0 bridgehead atoms. The smallest absolute Gasteiger partial charge is 0.279 e. The van der Waals surface area contributed by atoms with Gasteiger partial charge in [-0.3, -0.25) is 4.79 Å². The van der Waals surface area contributed by atoms with Crippen LogP contribution in [0.1, 0.15) is 35.3 Å². The van der Waals surface area contributed by atoms with Gasteiger partial charge in [-0.25, -0.2) is 8.42 Å². The third kappa shape index (κ3) is 4.55. The summed E-state index contributed by atoms with van der Waals surface area (Å²) in [5.74, 6) is 0.546. The number of aryl methyl sites for hydroxylation is 3. The molecule has 30 heavy (non-hydrogen) atoms. The standard InChI is InChI=1S/C22H26N2O3S3/c1-14(2)30(26,27)18-8-6-17(7-9-18)21(25)23-22-24(10-11-28-5)19-13-15(3)12-16(4)20(19)29-22/h6-9,12-14H,10-11H2,1-5H3. The van der Waals surface area contributed by atoms with Crippen LogP contribution in [0.25, 0.3) is 10.2 Å². The lowest BCUT2D eigenvalue weighted by Crippen LogP contribution is -2.18. The number of amides is 1. The summed E-state index contributed by atoms with van der Waals surface area (Å²) in [6, 6.07) is 10.3. The van der Waals surface area contributed by atoms with Crippen molar-refractivity contribution in [3.8, 4) is 0 Å². The normalized spacial score (nSPS) is 12.8. The van der Waals surface area contributed by atoms with Crippen molar-refractivity contribution in [3.05, 3.63) is 57.9 Å². The molecule has 0 aliphatic heterocycles. The van der Waals surface area contributed by atoms with Crippen molar-refractivity contribution in [2.24, 2.45) is 4.99 Å². The Morgan fingerprint density at radius 3 is 2.43 bits per heavy atom. The van der Waals surface area contributed by atoms with Crippen LogP contribution >= 0.6 is 23.1 Å². The topological polar surface area (TPSA) is 68.5 Å². The number of hydrogen-bond acceptors (Lipinski definition) is 5. The second kappa shape index (κ2) is 9.08. The molecule has 5 nitrogen and oxygen atoms in total. The van der Waals surface area contributed by atoms with Gasteiger partial charge in [-0.2, -0.15) is 16.8 Å². The van der Waals surface area contributed by atoms with Crippen molar-refractivity contribution in [1.29, 1.82) is 0 Å². The van der Waals surface area contributed by atoms with E-state index >= 15 is 0 Å². The van der Waals surface area contributed by atoms with Crippen LogP contribution in [-0.4, -0.2) is 36.2 Å². The van der Waals surface area contributed by atoms with Crippen molar-refractivity contribution in [3.63, 3.8) is 0 Å². The average Bonchev–Trinajstić information content (AvgIpc) is 3.03. The number of thiazole rings is 1. The fourth-order valence-electron chi connectivity index (χ4n) is 3.21. The maximum absolute atomic E-state index is 12.8. The van der Waals surface area contributed by atoms with Crippen LogP contribution in [0.5, 0.6) is 0 Å². The number of sulfone groups is 1. The molecule has 160 valence electrons. The summed E-state index contributed by atoms with van der Waals surface area (Å²) < 4.78 is 27.8. The maximum atomic E-state index is 12.8. The van der Waals surface area contributed by atoms with Crippen LogP contribution in [0.4, 0.5) is 0 Å². The van der Waals surface area contributed by atoms with Gasteiger partial charge in [0.15, 0.2) is 14.6 Å². The van der Waals surface area contributed by atoms with Crippen LogP contribution in [0.15, 0.2) is 46.3 Å². The Morgan fingerprint density at radius 1 is 1.17 bits per heavy atom. The van der Waals surface area contributed by atoms with E-state index in [1.165, 1.54) is 46.7 Å². The Balaban J connectivity index is 2.06. The Morgan fingerprint density at radius 2 is 1.83 bits per heavy atom. The molecule has 0 aliphatic carbocycles. The number of fused-ring (bicyclic) bond motifs is 1. The molecule has 1 amide bonds. The third-order valence-corrected chi connectivity index (χ3v) is 8.87. The molecule has 0 N–H and O–H groups in total. The summed E-state index contributed by atoms with van der Waals surface area (Å²) in [5, 5.41) is -0.510. The predicted molar refractivity (Wildman–Crippen MR) is 126 cm³/mol. The largest absolute Gasteiger partial charge is 0.315 e. The fourth-order valence-corrected chi connectivity index (χ4v) is 5.74. The second-order valence-corrected chi connectivity index (χ2v) is 12.0. The van der Waals surface area contributed by atoms with Gasteiger partial charge in [0.1, 0.15) is 0 Å². The molecular weight excluding hydrogens is 436 g/mol. The Hall–Kier alpha value is -1.90. The molecule has 8 heteroatoms. The van der Waals surface area contributed by atoms with Crippen molar-refractivity contribution >= 4 is 49.1 Å².